The van der Waals surface area contributed by atoms with Crippen molar-refractivity contribution >= 4 is 17.3 Å². The van der Waals surface area contributed by atoms with Gasteiger partial charge in [0.15, 0.2) is 11.6 Å². The van der Waals surface area contributed by atoms with Crippen molar-refractivity contribution in [3.8, 4) is 17.2 Å². The Morgan fingerprint density at radius 2 is 1.89 bits per heavy atom. The second-order valence-electron chi connectivity index (χ2n) is 5.31. The molecule has 7 nitrogen and oxygen atoms in total. The average Bonchev–Trinajstić information content (AvgIpc) is 2.87. The van der Waals surface area contributed by atoms with Crippen molar-refractivity contribution in [3.63, 3.8) is 0 Å². The number of anilines is 1. The van der Waals surface area contributed by atoms with Gasteiger partial charge in [0.2, 0.25) is 0 Å². The van der Waals surface area contributed by atoms with E-state index in [1.807, 2.05) is 0 Å². The smallest absolute Gasteiger partial charge is 0.406 e. The Bertz CT molecular complexity index is 1030. The average molecular weight is 401 g/mol. The maximum Gasteiger partial charge on any atom is 0.406 e. The minimum atomic E-state index is -3.25. The van der Waals surface area contributed by atoms with E-state index in [9.17, 15) is 18.0 Å². The van der Waals surface area contributed by atoms with Crippen molar-refractivity contribution in [2.24, 2.45) is 0 Å². The number of hydrogen-bond donors (Lipinski definition) is 1. The van der Waals surface area contributed by atoms with Crippen LogP contribution in [0.25, 0.3) is 5.69 Å². The van der Waals surface area contributed by atoms with Crippen LogP contribution in [0.15, 0.2) is 41.2 Å². The van der Waals surface area contributed by atoms with Crippen LogP contribution in [-0.2, 0) is 0 Å². The van der Waals surface area contributed by atoms with Crippen LogP contribution in [0.1, 0.15) is 5.82 Å². The Labute approximate surface area is 155 Å². The van der Waals surface area contributed by atoms with Crippen LogP contribution < -0.4 is 21.0 Å². The molecule has 1 heterocycles. The molecule has 0 atom stereocenters. The molecule has 27 heavy (non-hydrogen) atoms. The van der Waals surface area contributed by atoms with Gasteiger partial charge in [-0.3, -0.25) is 0 Å². The van der Waals surface area contributed by atoms with Crippen LogP contribution in [0.2, 0.25) is 5.02 Å². The first-order valence-electron chi connectivity index (χ1n) is 7.43. The topological polar surface area (TPSA) is 84.3 Å². The molecule has 0 aliphatic rings. The fourth-order valence-corrected chi connectivity index (χ4v) is 2.42. The van der Waals surface area contributed by atoms with Gasteiger partial charge in [0.05, 0.1) is 5.02 Å². The number of hydrogen-bond acceptors (Lipinski definition) is 5. The number of halogens is 4. The Morgan fingerprint density at radius 3 is 2.52 bits per heavy atom. The molecule has 0 amide bonds. The zero-order chi connectivity index (χ0) is 19.7. The summed E-state index contributed by atoms with van der Waals surface area (Å²) in [4.78, 5) is 16.3. The van der Waals surface area contributed by atoms with E-state index in [2.05, 4.69) is 9.94 Å². The molecule has 0 bridgehead atoms. The van der Waals surface area contributed by atoms with E-state index < -0.39 is 18.1 Å². The fourth-order valence-electron chi connectivity index (χ4n) is 2.23. The highest BCUT2D eigenvalue weighted by molar-refractivity contribution is 6.32. The lowest BCUT2D eigenvalue weighted by Gasteiger charge is -2.10. The lowest BCUT2D eigenvalue weighted by atomic mass is 10.2. The third kappa shape index (κ3) is 3.85. The molecule has 1 aromatic heterocycles. The van der Waals surface area contributed by atoms with Gasteiger partial charge in [-0.2, -0.15) is 13.5 Å². The van der Waals surface area contributed by atoms with E-state index in [1.54, 1.807) is 24.3 Å². The molecule has 11 heteroatoms. The van der Waals surface area contributed by atoms with Crippen molar-refractivity contribution < 1.29 is 22.7 Å². The molecule has 142 valence electrons. The Morgan fingerprint density at radius 1 is 1.22 bits per heavy atom. The highest BCUT2D eigenvalue weighted by atomic mass is 35.5. The summed E-state index contributed by atoms with van der Waals surface area (Å²) in [6, 6.07) is 8.34. The maximum atomic E-state index is 14.3. The number of benzene rings is 2. The van der Waals surface area contributed by atoms with Gasteiger partial charge in [0.1, 0.15) is 17.2 Å². The number of nitrogen functional groups attached to an aromatic ring is 1. The SMILES string of the molecule is Cc1nn(-c2cc(Oc3ccc(N)cc3)c(Cl)cc2F)c(=O)n1OC(F)F. The van der Waals surface area contributed by atoms with Crippen molar-refractivity contribution in [1.82, 2.24) is 14.5 Å². The predicted molar refractivity (Wildman–Crippen MR) is 91.0 cm³/mol. The highest BCUT2D eigenvalue weighted by Gasteiger charge is 2.20. The summed E-state index contributed by atoms with van der Waals surface area (Å²) in [7, 11) is 0. The highest BCUT2D eigenvalue weighted by Crippen LogP contribution is 2.33. The summed E-state index contributed by atoms with van der Waals surface area (Å²) < 4.78 is 45.6. The van der Waals surface area contributed by atoms with E-state index in [0.29, 0.717) is 16.1 Å². The number of aryl methyl sites for hydroxylation is 1. The second-order valence-corrected chi connectivity index (χ2v) is 5.71. The first-order valence-corrected chi connectivity index (χ1v) is 7.81. The number of rotatable bonds is 5. The Hall–Kier alpha value is -3.14. The molecule has 3 rings (SSSR count). The number of aromatic nitrogens is 3. The van der Waals surface area contributed by atoms with E-state index in [-0.39, 0.29) is 27.0 Å². The van der Waals surface area contributed by atoms with Gasteiger partial charge < -0.3 is 15.3 Å². The Kier molecular flexibility index (Phi) is 5.00. The molecule has 0 radical (unpaired) electrons. The summed E-state index contributed by atoms with van der Waals surface area (Å²) in [6.45, 7) is -2.00. The molecular weight excluding hydrogens is 389 g/mol. The zero-order valence-electron chi connectivity index (χ0n) is 13.7. The normalized spacial score (nSPS) is 11.0. The van der Waals surface area contributed by atoms with Crippen LogP contribution in [0, 0.1) is 12.7 Å². The molecule has 2 aromatic carbocycles. The molecule has 0 aliphatic heterocycles. The predicted octanol–water partition coefficient (Wildman–Crippen LogP) is 3.16. The summed E-state index contributed by atoms with van der Waals surface area (Å²) in [5, 5.41) is 3.67. The van der Waals surface area contributed by atoms with Crippen molar-refractivity contribution in [2.75, 3.05) is 5.73 Å². The van der Waals surface area contributed by atoms with Crippen LogP contribution in [0.4, 0.5) is 18.9 Å². The van der Waals surface area contributed by atoms with Gasteiger partial charge in [-0.25, -0.2) is 9.18 Å². The van der Waals surface area contributed by atoms with E-state index in [4.69, 9.17) is 22.1 Å². The van der Waals surface area contributed by atoms with Gasteiger partial charge in [-0.05, 0) is 37.3 Å². The molecule has 0 fully saturated rings. The van der Waals surface area contributed by atoms with Crippen LogP contribution in [-0.4, -0.2) is 21.1 Å². The minimum absolute atomic E-state index is 0.0201. The minimum Gasteiger partial charge on any atom is -0.456 e. The molecule has 0 unspecified atom stereocenters. The standard InChI is InChI=1S/C16H12ClF3N4O3/c1-8-22-23(16(25)24(8)27-15(19)20)13-7-14(11(17)6-12(13)18)26-10-4-2-9(21)3-5-10/h2-7,15H,21H2,1H3. The third-order valence-electron chi connectivity index (χ3n) is 3.42. The van der Waals surface area contributed by atoms with E-state index in [1.165, 1.54) is 6.92 Å². The Balaban J connectivity index is 2.04. The monoisotopic (exact) mass is 400 g/mol. The van der Waals surface area contributed by atoms with Gasteiger partial charge >= 0.3 is 12.3 Å². The number of ether oxygens (including phenoxy) is 1. The summed E-state index contributed by atoms with van der Waals surface area (Å²) >= 11 is 5.99. The van der Waals surface area contributed by atoms with E-state index in [0.717, 1.165) is 12.1 Å². The number of alkyl halides is 2. The largest absolute Gasteiger partial charge is 0.456 e. The molecular formula is C16H12ClF3N4O3. The van der Waals surface area contributed by atoms with E-state index >= 15 is 0 Å². The van der Waals surface area contributed by atoms with Crippen molar-refractivity contribution in [3.05, 3.63) is 63.5 Å². The van der Waals surface area contributed by atoms with Gasteiger partial charge in [0.25, 0.3) is 0 Å². The lowest BCUT2D eigenvalue weighted by molar-refractivity contribution is -0.137. The van der Waals surface area contributed by atoms with Gasteiger partial charge in [-0.1, -0.05) is 11.6 Å². The summed E-state index contributed by atoms with van der Waals surface area (Å²) in [5.41, 5.74) is 4.64. The fraction of sp³-hybridized carbons (Fsp3) is 0.125. The van der Waals surface area contributed by atoms with Crippen LogP contribution in [0.3, 0.4) is 0 Å². The number of nitrogens with zero attached hydrogens (tertiary/aromatic N) is 3. The molecule has 0 aliphatic carbocycles. The molecule has 2 N–H and O–H groups in total. The van der Waals surface area contributed by atoms with Gasteiger partial charge in [0, 0.05) is 11.8 Å². The van der Waals surface area contributed by atoms with Crippen LogP contribution in [0.5, 0.6) is 11.5 Å². The van der Waals surface area contributed by atoms with Crippen molar-refractivity contribution in [1.29, 1.82) is 0 Å². The molecule has 3 aromatic rings. The number of nitrogens with two attached hydrogens (primary N) is 1. The summed E-state index contributed by atoms with van der Waals surface area (Å²) in [5.74, 6) is -0.727. The first kappa shape index (κ1) is 18.6. The second kappa shape index (κ2) is 7.23. The van der Waals surface area contributed by atoms with Crippen molar-refractivity contribution in [2.45, 2.75) is 13.5 Å². The lowest BCUT2D eigenvalue weighted by Crippen LogP contribution is -2.31. The third-order valence-corrected chi connectivity index (χ3v) is 3.71. The quantitative estimate of drug-likeness (QED) is 0.665. The van der Waals surface area contributed by atoms with Crippen LogP contribution >= 0.6 is 11.6 Å². The zero-order valence-corrected chi connectivity index (χ0v) is 14.5. The first-order chi connectivity index (χ1) is 12.8. The maximum absolute atomic E-state index is 14.3. The molecule has 0 spiro atoms. The molecule has 0 saturated carbocycles. The summed E-state index contributed by atoms with van der Waals surface area (Å²) in [6.07, 6.45) is 0. The molecule has 0 saturated heterocycles. The van der Waals surface area contributed by atoms with Gasteiger partial charge in [-0.15, -0.1) is 9.83 Å².